The zero-order valence-electron chi connectivity index (χ0n) is 7.00. The first-order valence-electron chi connectivity index (χ1n) is 3.52. The Morgan fingerprint density at radius 3 is 2.50 bits per heavy atom. The lowest BCUT2D eigenvalue weighted by Gasteiger charge is -2.04. The average molecular weight is 188 g/mol. The van der Waals surface area contributed by atoms with Crippen molar-refractivity contribution in [2.75, 3.05) is 18.5 Å². The van der Waals surface area contributed by atoms with Crippen LogP contribution in [0.3, 0.4) is 0 Å². The van der Waals surface area contributed by atoms with Crippen LogP contribution in [0.1, 0.15) is 5.56 Å². The predicted molar refractivity (Wildman–Crippen MR) is 55.3 cm³/mol. The Balaban J connectivity index is 0.00000121. The van der Waals surface area contributed by atoms with Gasteiger partial charge in [-0.1, -0.05) is 6.07 Å². The van der Waals surface area contributed by atoms with E-state index in [-0.39, 0.29) is 12.4 Å². The van der Waals surface area contributed by atoms with Gasteiger partial charge in [-0.15, -0.1) is 12.4 Å². The molecule has 0 saturated carbocycles. The van der Waals surface area contributed by atoms with Crippen molar-refractivity contribution < 1.29 is 0 Å². The molecule has 0 unspecified atom stereocenters. The van der Waals surface area contributed by atoms with Gasteiger partial charge in [0.15, 0.2) is 0 Å². The van der Waals surface area contributed by atoms with Crippen LogP contribution in [-0.2, 0) is 6.54 Å². The van der Waals surface area contributed by atoms with Gasteiger partial charge < -0.3 is 16.8 Å². The normalized spacial score (nSPS) is 9.08. The van der Waals surface area contributed by atoms with E-state index < -0.39 is 0 Å². The summed E-state index contributed by atoms with van der Waals surface area (Å²) in [6.07, 6.45) is 0. The van der Waals surface area contributed by atoms with E-state index in [4.69, 9.17) is 11.5 Å². The number of anilines is 2. The maximum Gasteiger partial charge on any atom is 0.0380 e. The monoisotopic (exact) mass is 187 g/mol. The number of nitrogen functional groups attached to an aromatic ring is 2. The van der Waals surface area contributed by atoms with Crippen LogP contribution in [0.2, 0.25) is 0 Å². The van der Waals surface area contributed by atoms with Gasteiger partial charge in [-0.2, -0.15) is 0 Å². The Bertz CT molecular complexity index is 250. The van der Waals surface area contributed by atoms with Crippen molar-refractivity contribution in [3.05, 3.63) is 23.8 Å². The highest BCUT2D eigenvalue weighted by atomic mass is 35.5. The minimum absolute atomic E-state index is 0. The van der Waals surface area contributed by atoms with E-state index in [1.807, 2.05) is 19.2 Å². The third-order valence-electron chi connectivity index (χ3n) is 1.54. The van der Waals surface area contributed by atoms with Crippen molar-refractivity contribution in [2.45, 2.75) is 6.54 Å². The van der Waals surface area contributed by atoms with Gasteiger partial charge in [-0.3, -0.25) is 0 Å². The van der Waals surface area contributed by atoms with E-state index in [2.05, 4.69) is 5.32 Å². The molecule has 0 radical (unpaired) electrons. The van der Waals surface area contributed by atoms with Crippen LogP contribution in [0, 0.1) is 0 Å². The minimum Gasteiger partial charge on any atom is -0.399 e. The first-order valence-corrected chi connectivity index (χ1v) is 3.52. The molecule has 5 N–H and O–H groups in total. The van der Waals surface area contributed by atoms with Crippen molar-refractivity contribution in [3.8, 4) is 0 Å². The summed E-state index contributed by atoms with van der Waals surface area (Å²) in [6.45, 7) is 0.784. The Morgan fingerprint density at radius 2 is 2.00 bits per heavy atom. The molecule has 1 rings (SSSR count). The molecule has 0 atom stereocenters. The number of halogens is 1. The molecule has 0 bridgehead atoms. The van der Waals surface area contributed by atoms with Crippen molar-refractivity contribution in [3.63, 3.8) is 0 Å². The molecular weight excluding hydrogens is 174 g/mol. The van der Waals surface area contributed by atoms with Crippen LogP contribution in [-0.4, -0.2) is 7.05 Å². The van der Waals surface area contributed by atoms with Crippen LogP contribution >= 0.6 is 12.4 Å². The first kappa shape index (κ1) is 11.1. The highest BCUT2D eigenvalue weighted by Crippen LogP contribution is 2.14. The lowest BCUT2D eigenvalue weighted by molar-refractivity contribution is 0.820. The highest BCUT2D eigenvalue weighted by Gasteiger charge is 1.96. The standard InChI is InChI=1S/C8H13N3.ClH/c1-11-5-6-2-3-7(9)4-8(6)10;/h2-4,11H,5,9-10H2,1H3;1H. The second kappa shape index (κ2) is 4.85. The molecule has 0 aliphatic rings. The van der Waals surface area contributed by atoms with Gasteiger partial charge in [-0.25, -0.2) is 0 Å². The number of rotatable bonds is 2. The Hall–Kier alpha value is -0.930. The molecular formula is C8H14ClN3. The van der Waals surface area contributed by atoms with E-state index in [1.165, 1.54) is 0 Å². The Labute approximate surface area is 78.5 Å². The molecule has 0 spiro atoms. The van der Waals surface area contributed by atoms with Gasteiger partial charge in [0.1, 0.15) is 0 Å². The first-order chi connectivity index (χ1) is 5.24. The molecule has 3 nitrogen and oxygen atoms in total. The Morgan fingerprint density at radius 1 is 1.33 bits per heavy atom. The summed E-state index contributed by atoms with van der Waals surface area (Å²) in [5.74, 6) is 0. The second-order valence-electron chi connectivity index (χ2n) is 2.49. The summed E-state index contributed by atoms with van der Waals surface area (Å²) < 4.78 is 0. The molecule has 12 heavy (non-hydrogen) atoms. The second-order valence-corrected chi connectivity index (χ2v) is 2.49. The van der Waals surface area contributed by atoms with Crippen molar-refractivity contribution >= 4 is 23.8 Å². The molecule has 0 aliphatic carbocycles. The number of hydrogen-bond donors (Lipinski definition) is 3. The fourth-order valence-corrected chi connectivity index (χ4v) is 0.965. The summed E-state index contributed by atoms with van der Waals surface area (Å²) in [5.41, 5.74) is 13.8. The molecule has 4 heteroatoms. The molecule has 0 saturated heterocycles. The van der Waals surface area contributed by atoms with Crippen molar-refractivity contribution in [1.82, 2.24) is 5.32 Å². The van der Waals surface area contributed by atoms with Crippen LogP contribution in [0.25, 0.3) is 0 Å². The van der Waals surface area contributed by atoms with Crippen LogP contribution in [0.5, 0.6) is 0 Å². The predicted octanol–water partition coefficient (Wildman–Crippen LogP) is 0.992. The van der Waals surface area contributed by atoms with Crippen LogP contribution in [0.15, 0.2) is 18.2 Å². The Kier molecular flexibility index (Phi) is 4.47. The summed E-state index contributed by atoms with van der Waals surface area (Å²) in [5, 5.41) is 3.02. The lowest BCUT2D eigenvalue weighted by Crippen LogP contribution is -2.07. The quantitative estimate of drug-likeness (QED) is 0.606. The van der Waals surface area contributed by atoms with E-state index in [9.17, 15) is 0 Å². The zero-order valence-corrected chi connectivity index (χ0v) is 7.82. The summed E-state index contributed by atoms with van der Waals surface area (Å²) >= 11 is 0. The van der Waals surface area contributed by atoms with Crippen LogP contribution in [0.4, 0.5) is 11.4 Å². The van der Waals surface area contributed by atoms with E-state index in [0.29, 0.717) is 5.69 Å². The van der Waals surface area contributed by atoms with Gasteiger partial charge >= 0.3 is 0 Å². The summed E-state index contributed by atoms with van der Waals surface area (Å²) in [7, 11) is 1.88. The minimum atomic E-state index is 0. The number of hydrogen-bond acceptors (Lipinski definition) is 3. The van der Waals surface area contributed by atoms with Gasteiger partial charge in [0.05, 0.1) is 0 Å². The number of nitrogens with one attached hydrogen (secondary N) is 1. The number of nitrogens with two attached hydrogens (primary N) is 2. The van der Waals surface area contributed by atoms with Crippen molar-refractivity contribution in [2.24, 2.45) is 0 Å². The molecule has 0 heterocycles. The molecule has 1 aromatic rings. The summed E-state index contributed by atoms with van der Waals surface area (Å²) in [4.78, 5) is 0. The zero-order chi connectivity index (χ0) is 8.27. The van der Waals surface area contributed by atoms with Gasteiger partial charge in [0, 0.05) is 17.9 Å². The van der Waals surface area contributed by atoms with E-state index >= 15 is 0 Å². The van der Waals surface area contributed by atoms with Gasteiger partial charge in [0.2, 0.25) is 0 Å². The fraction of sp³-hybridized carbons (Fsp3) is 0.250. The average Bonchev–Trinajstić information content (AvgIpc) is 1.95. The topological polar surface area (TPSA) is 64.1 Å². The molecule has 0 aromatic heterocycles. The summed E-state index contributed by atoms with van der Waals surface area (Å²) in [6, 6.07) is 5.55. The van der Waals surface area contributed by atoms with Crippen molar-refractivity contribution in [1.29, 1.82) is 0 Å². The largest absolute Gasteiger partial charge is 0.399 e. The third kappa shape index (κ3) is 2.60. The van der Waals surface area contributed by atoms with Gasteiger partial charge in [0.25, 0.3) is 0 Å². The molecule has 0 aliphatic heterocycles. The van der Waals surface area contributed by atoms with Crippen LogP contribution < -0.4 is 16.8 Å². The fourth-order valence-electron chi connectivity index (χ4n) is 0.965. The molecule has 0 amide bonds. The highest BCUT2D eigenvalue weighted by molar-refractivity contribution is 5.85. The number of benzene rings is 1. The van der Waals surface area contributed by atoms with Gasteiger partial charge in [-0.05, 0) is 24.7 Å². The molecule has 68 valence electrons. The maximum absolute atomic E-state index is 5.69. The van der Waals surface area contributed by atoms with E-state index in [0.717, 1.165) is 17.8 Å². The molecule has 1 aromatic carbocycles. The van der Waals surface area contributed by atoms with E-state index in [1.54, 1.807) is 6.07 Å². The maximum atomic E-state index is 5.69. The smallest absolute Gasteiger partial charge is 0.0380 e. The SMILES string of the molecule is CNCc1ccc(N)cc1N.Cl. The third-order valence-corrected chi connectivity index (χ3v) is 1.54. The lowest BCUT2D eigenvalue weighted by atomic mass is 10.1. The molecule has 0 fully saturated rings.